The van der Waals surface area contributed by atoms with Gasteiger partial charge in [0.1, 0.15) is 19.8 Å². The molecule has 0 aliphatic heterocycles. The quantitative estimate of drug-likeness (QED) is 0.136. The van der Waals surface area contributed by atoms with Crippen LogP contribution >= 0.6 is 7.82 Å². The SMILES string of the molecule is C[N+](C)(C)CCOP(=O)(O)OC[C@@H](COC(=O)C=Cc1ccccc1)OO. The molecule has 0 fully saturated rings. The normalized spacial score (nSPS) is 15.4. The first-order chi connectivity index (χ1) is 12.6. The monoisotopic (exact) mass is 404 g/mol. The van der Waals surface area contributed by atoms with Gasteiger partial charge in [0.25, 0.3) is 0 Å². The Balaban J connectivity index is 2.35. The van der Waals surface area contributed by atoms with E-state index in [2.05, 4.69) is 4.89 Å². The summed E-state index contributed by atoms with van der Waals surface area (Å²) in [7, 11) is 1.42. The van der Waals surface area contributed by atoms with E-state index in [-0.39, 0.29) is 13.2 Å². The predicted molar refractivity (Wildman–Crippen MR) is 98.6 cm³/mol. The van der Waals surface area contributed by atoms with Gasteiger partial charge in [-0.25, -0.2) is 14.2 Å². The van der Waals surface area contributed by atoms with Gasteiger partial charge in [-0.15, -0.1) is 0 Å². The number of esters is 1. The standard InChI is InChI=1S/C17H26NO8P/c1-18(2,3)11-12-24-27(21,22)25-14-16(26-20)13-23-17(19)10-9-15-7-5-4-6-8-15/h4-10,16H,11-14H2,1-3H3,(H-,20,21,22)/p+1/t16-/m1/s1. The highest BCUT2D eigenvalue weighted by Crippen LogP contribution is 2.43. The summed E-state index contributed by atoms with van der Waals surface area (Å²) >= 11 is 0. The molecule has 1 aromatic rings. The summed E-state index contributed by atoms with van der Waals surface area (Å²) < 4.78 is 26.8. The lowest BCUT2D eigenvalue weighted by atomic mass is 10.2. The molecule has 0 aromatic heterocycles. The lowest BCUT2D eigenvalue weighted by Crippen LogP contribution is -2.37. The van der Waals surface area contributed by atoms with Crippen LogP contribution in [0.25, 0.3) is 6.08 Å². The third-order valence-corrected chi connectivity index (χ3v) is 4.20. The maximum atomic E-state index is 11.8. The Hall–Kier alpha value is -1.58. The Bertz CT molecular complexity index is 644. The van der Waals surface area contributed by atoms with Gasteiger partial charge in [0, 0.05) is 6.08 Å². The van der Waals surface area contributed by atoms with E-state index in [0.717, 1.165) is 5.56 Å². The molecule has 0 saturated carbocycles. The van der Waals surface area contributed by atoms with Crippen molar-refractivity contribution in [3.63, 3.8) is 0 Å². The Kier molecular flexibility index (Phi) is 9.82. The molecule has 0 amide bonds. The molecule has 0 aliphatic rings. The van der Waals surface area contributed by atoms with Crippen LogP contribution in [0, 0.1) is 0 Å². The van der Waals surface area contributed by atoms with Gasteiger partial charge in [-0.1, -0.05) is 30.3 Å². The minimum atomic E-state index is -4.30. The number of hydrogen-bond acceptors (Lipinski definition) is 7. The summed E-state index contributed by atoms with van der Waals surface area (Å²) in [4.78, 5) is 25.3. The van der Waals surface area contributed by atoms with Crippen molar-refractivity contribution in [2.45, 2.75) is 6.10 Å². The van der Waals surface area contributed by atoms with E-state index < -0.39 is 26.5 Å². The fraction of sp³-hybridized carbons (Fsp3) is 0.471. The molecule has 10 heteroatoms. The molecule has 2 atom stereocenters. The van der Waals surface area contributed by atoms with Crippen LogP contribution in [0.5, 0.6) is 0 Å². The number of carbonyl (C=O) groups is 1. The minimum Gasteiger partial charge on any atom is -0.460 e. The fourth-order valence-electron chi connectivity index (χ4n) is 1.71. The largest absolute Gasteiger partial charge is 0.472 e. The number of ether oxygens (including phenoxy) is 1. The molecule has 1 unspecified atom stereocenters. The zero-order valence-electron chi connectivity index (χ0n) is 15.7. The third kappa shape index (κ3) is 11.7. The number of nitrogens with zero attached hydrogens (tertiary/aromatic N) is 1. The van der Waals surface area contributed by atoms with Crippen LogP contribution in [0.4, 0.5) is 0 Å². The van der Waals surface area contributed by atoms with Crippen molar-refractivity contribution < 1.29 is 42.7 Å². The fourth-order valence-corrected chi connectivity index (χ4v) is 2.45. The van der Waals surface area contributed by atoms with Crippen LogP contribution in [0.1, 0.15) is 5.56 Å². The molecule has 0 heterocycles. The van der Waals surface area contributed by atoms with Crippen LogP contribution in [0.2, 0.25) is 0 Å². The van der Waals surface area contributed by atoms with Crippen LogP contribution < -0.4 is 0 Å². The van der Waals surface area contributed by atoms with Crippen LogP contribution in [0.15, 0.2) is 36.4 Å². The van der Waals surface area contributed by atoms with E-state index in [0.29, 0.717) is 11.0 Å². The minimum absolute atomic E-state index is 0.0151. The number of phosphoric ester groups is 1. The molecule has 0 saturated heterocycles. The second-order valence-corrected chi connectivity index (χ2v) is 8.17. The molecule has 1 aromatic carbocycles. The summed E-state index contributed by atoms with van der Waals surface area (Å²) in [6.07, 6.45) is 1.65. The summed E-state index contributed by atoms with van der Waals surface area (Å²) in [6, 6.07) is 9.13. The smallest absolute Gasteiger partial charge is 0.460 e. The highest BCUT2D eigenvalue weighted by atomic mass is 31.2. The Morgan fingerprint density at radius 2 is 1.85 bits per heavy atom. The van der Waals surface area contributed by atoms with Crippen molar-refractivity contribution in [3.8, 4) is 0 Å². The van der Waals surface area contributed by atoms with E-state index in [4.69, 9.17) is 19.0 Å². The van der Waals surface area contributed by atoms with Gasteiger partial charge in [0.2, 0.25) is 0 Å². The maximum Gasteiger partial charge on any atom is 0.472 e. The van der Waals surface area contributed by atoms with Crippen LogP contribution in [-0.4, -0.2) is 74.2 Å². The van der Waals surface area contributed by atoms with Gasteiger partial charge in [-0.2, -0.15) is 0 Å². The number of carbonyl (C=O) groups excluding carboxylic acids is 1. The van der Waals surface area contributed by atoms with Crippen molar-refractivity contribution in [2.75, 3.05) is 47.5 Å². The maximum absolute atomic E-state index is 11.8. The Morgan fingerprint density at radius 3 is 2.44 bits per heavy atom. The van der Waals surface area contributed by atoms with Gasteiger partial charge in [0.15, 0.2) is 6.10 Å². The van der Waals surface area contributed by atoms with Gasteiger partial charge in [-0.3, -0.25) is 14.3 Å². The van der Waals surface area contributed by atoms with Crippen molar-refractivity contribution in [1.29, 1.82) is 0 Å². The topological polar surface area (TPSA) is 112 Å². The molecule has 0 bridgehead atoms. The average molecular weight is 404 g/mol. The van der Waals surface area contributed by atoms with E-state index in [1.54, 1.807) is 6.08 Å². The molecule has 152 valence electrons. The number of hydrogen-bond donors (Lipinski definition) is 2. The second kappa shape index (κ2) is 11.3. The van der Waals surface area contributed by atoms with Gasteiger partial charge < -0.3 is 14.1 Å². The molecular formula is C17H27NO8P+. The van der Waals surface area contributed by atoms with E-state index in [1.807, 2.05) is 51.5 Å². The third-order valence-electron chi connectivity index (χ3n) is 3.21. The van der Waals surface area contributed by atoms with Gasteiger partial charge >= 0.3 is 13.8 Å². The first-order valence-electron chi connectivity index (χ1n) is 8.24. The molecule has 0 radical (unpaired) electrons. The molecule has 0 spiro atoms. The summed E-state index contributed by atoms with van der Waals surface area (Å²) in [5.74, 6) is -0.660. The zero-order chi connectivity index (χ0) is 20.3. The van der Waals surface area contributed by atoms with Gasteiger partial charge in [0.05, 0.1) is 27.7 Å². The predicted octanol–water partition coefficient (Wildman–Crippen LogP) is 1.94. The lowest BCUT2D eigenvalue weighted by molar-refractivity contribution is -0.870. The van der Waals surface area contributed by atoms with Crippen LogP contribution in [0.3, 0.4) is 0 Å². The number of phosphoric acid groups is 1. The summed E-state index contributed by atoms with van der Waals surface area (Å²) in [5, 5.41) is 8.82. The van der Waals surface area contributed by atoms with Crippen molar-refractivity contribution in [1.82, 2.24) is 0 Å². The number of rotatable bonds is 12. The molecular weight excluding hydrogens is 377 g/mol. The van der Waals surface area contributed by atoms with Crippen molar-refractivity contribution in [2.24, 2.45) is 0 Å². The molecule has 2 N–H and O–H groups in total. The Labute approximate surface area is 158 Å². The highest BCUT2D eigenvalue weighted by molar-refractivity contribution is 7.47. The van der Waals surface area contributed by atoms with Crippen molar-refractivity contribution in [3.05, 3.63) is 42.0 Å². The zero-order valence-corrected chi connectivity index (χ0v) is 16.6. The first kappa shape index (κ1) is 23.5. The van der Waals surface area contributed by atoms with E-state index in [9.17, 15) is 14.3 Å². The van der Waals surface area contributed by atoms with E-state index in [1.165, 1.54) is 6.08 Å². The molecule has 9 nitrogen and oxygen atoms in total. The van der Waals surface area contributed by atoms with Gasteiger partial charge in [-0.05, 0) is 11.6 Å². The summed E-state index contributed by atoms with van der Waals surface area (Å²) in [5.41, 5.74) is 0.819. The number of benzene rings is 1. The highest BCUT2D eigenvalue weighted by Gasteiger charge is 2.25. The summed E-state index contributed by atoms with van der Waals surface area (Å²) in [6.45, 7) is -0.349. The Morgan fingerprint density at radius 1 is 1.19 bits per heavy atom. The van der Waals surface area contributed by atoms with E-state index >= 15 is 0 Å². The average Bonchev–Trinajstić information content (AvgIpc) is 2.59. The second-order valence-electron chi connectivity index (χ2n) is 6.71. The lowest BCUT2D eigenvalue weighted by Gasteiger charge is -2.24. The number of likely N-dealkylation sites (N-methyl/N-ethyl adjacent to an activating group) is 1. The molecule has 27 heavy (non-hydrogen) atoms. The van der Waals surface area contributed by atoms with Crippen LogP contribution in [-0.2, 0) is 28.0 Å². The molecule has 1 rings (SSSR count). The molecule has 0 aliphatic carbocycles. The first-order valence-corrected chi connectivity index (χ1v) is 9.73. The number of quaternary nitrogens is 1. The van der Waals surface area contributed by atoms with Crippen molar-refractivity contribution >= 4 is 19.9 Å².